The average molecular weight is 279 g/mol. The SMILES string of the molecule is C=C1CC1.C=CCN/C(N)=C(/C=C(/C)N)CC=O.CC. The van der Waals surface area contributed by atoms with E-state index in [-0.39, 0.29) is 6.42 Å². The van der Waals surface area contributed by atoms with Gasteiger partial charge in [0.05, 0.1) is 0 Å². The monoisotopic (exact) mass is 279 g/mol. The van der Waals surface area contributed by atoms with E-state index in [9.17, 15) is 4.79 Å². The molecule has 4 heteroatoms. The van der Waals surface area contributed by atoms with Crippen molar-refractivity contribution in [3.63, 3.8) is 0 Å². The summed E-state index contributed by atoms with van der Waals surface area (Å²) in [5.41, 5.74) is 13.9. The van der Waals surface area contributed by atoms with Crippen LogP contribution in [-0.2, 0) is 4.79 Å². The Hall–Kier alpha value is -1.97. The van der Waals surface area contributed by atoms with Gasteiger partial charge in [-0.05, 0) is 25.8 Å². The van der Waals surface area contributed by atoms with Crippen molar-refractivity contribution in [3.05, 3.63) is 48.0 Å². The predicted octanol–water partition coefficient (Wildman–Crippen LogP) is 2.75. The molecule has 0 spiro atoms. The highest BCUT2D eigenvalue weighted by Crippen LogP contribution is 2.23. The molecule has 0 atom stereocenters. The van der Waals surface area contributed by atoms with E-state index in [2.05, 4.69) is 18.5 Å². The molecular formula is C16H29N3O. The summed E-state index contributed by atoms with van der Waals surface area (Å²) >= 11 is 0. The smallest absolute Gasteiger partial charge is 0.124 e. The number of nitrogens with one attached hydrogen (secondary N) is 1. The van der Waals surface area contributed by atoms with Crippen molar-refractivity contribution < 1.29 is 4.79 Å². The fourth-order valence-corrected chi connectivity index (χ4v) is 0.995. The highest BCUT2D eigenvalue weighted by molar-refractivity contribution is 5.56. The molecular weight excluding hydrogens is 250 g/mol. The molecule has 4 nitrogen and oxygen atoms in total. The molecule has 0 radical (unpaired) electrons. The number of hydrogen-bond donors (Lipinski definition) is 3. The maximum atomic E-state index is 10.4. The van der Waals surface area contributed by atoms with E-state index >= 15 is 0 Å². The van der Waals surface area contributed by atoms with Gasteiger partial charge in [-0.15, -0.1) is 6.58 Å². The number of aldehydes is 1. The Labute approximate surface area is 123 Å². The Kier molecular flexibility index (Phi) is 13.7. The standard InChI is InChI=1S/C10H17N3O.C4H6.C2H6/c1-3-5-13-10(12)9(4-6-14)7-8(2)11;1-4-2-3-4;1-2/h3,6-7,13H,1,4-5,11-12H2,2H3;1-3H2;1-2H3/b8-7-,10-9+;;. The summed E-state index contributed by atoms with van der Waals surface area (Å²) in [6, 6.07) is 0. The summed E-state index contributed by atoms with van der Waals surface area (Å²) in [6.07, 6.45) is 6.99. The van der Waals surface area contributed by atoms with Gasteiger partial charge in [0.25, 0.3) is 0 Å². The molecule has 20 heavy (non-hydrogen) atoms. The van der Waals surface area contributed by atoms with Gasteiger partial charge in [0.2, 0.25) is 0 Å². The van der Waals surface area contributed by atoms with Crippen molar-refractivity contribution in [3.8, 4) is 0 Å². The zero-order valence-electron chi connectivity index (χ0n) is 13.0. The number of allylic oxidation sites excluding steroid dienone is 4. The van der Waals surface area contributed by atoms with Crippen molar-refractivity contribution in [1.29, 1.82) is 0 Å². The van der Waals surface area contributed by atoms with Crippen molar-refractivity contribution in [2.45, 2.75) is 40.0 Å². The quantitative estimate of drug-likeness (QED) is 0.397. The molecule has 0 aromatic carbocycles. The summed E-state index contributed by atoms with van der Waals surface area (Å²) < 4.78 is 0. The van der Waals surface area contributed by atoms with Gasteiger partial charge in [0.1, 0.15) is 12.1 Å². The van der Waals surface area contributed by atoms with Gasteiger partial charge >= 0.3 is 0 Å². The number of rotatable bonds is 6. The fraction of sp³-hybridized carbons (Fsp3) is 0.438. The molecule has 1 aliphatic carbocycles. The minimum absolute atomic E-state index is 0.254. The average Bonchev–Trinajstić information content (AvgIpc) is 3.20. The van der Waals surface area contributed by atoms with Gasteiger partial charge in [-0.1, -0.05) is 32.1 Å². The zero-order valence-corrected chi connectivity index (χ0v) is 13.0. The Bertz CT molecular complexity index is 358. The molecule has 0 aromatic rings. The van der Waals surface area contributed by atoms with E-state index in [1.807, 2.05) is 13.8 Å². The maximum Gasteiger partial charge on any atom is 0.124 e. The third kappa shape index (κ3) is 14.1. The molecule has 0 amide bonds. The third-order valence-corrected chi connectivity index (χ3v) is 2.09. The largest absolute Gasteiger partial charge is 0.402 e. The number of hydrogen-bond acceptors (Lipinski definition) is 4. The van der Waals surface area contributed by atoms with Crippen LogP contribution in [0.2, 0.25) is 0 Å². The van der Waals surface area contributed by atoms with E-state index in [1.165, 1.54) is 18.4 Å². The molecule has 1 fully saturated rings. The highest BCUT2D eigenvalue weighted by Gasteiger charge is 2.04. The molecule has 0 heterocycles. The Morgan fingerprint density at radius 1 is 1.35 bits per heavy atom. The predicted molar refractivity (Wildman–Crippen MR) is 87.8 cm³/mol. The summed E-state index contributed by atoms with van der Waals surface area (Å²) in [5, 5.41) is 2.90. The van der Waals surface area contributed by atoms with E-state index < -0.39 is 0 Å². The first kappa shape index (κ1) is 20.3. The van der Waals surface area contributed by atoms with Crippen molar-refractivity contribution >= 4 is 6.29 Å². The molecule has 0 bridgehead atoms. The lowest BCUT2D eigenvalue weighted by Crippen LogP contribution is -2.22. The first-order chi connectivity index (χ1) is 9.51. The molecule has 1 saturated carbocycles. The van der Waals surface area contributed by atoms with E-state index in [4.69, 9.17) is 11.5 Å². The lowest BCUT2D eigenvalue weighted by atomic mass is 10.1. The van der Waals surface area contributed by atoms with Gasteiger partial charge < -0.3 is 21.6 Å². The summed E-state index contributed by atoms with van der Waals surface area (Å²) in [4.78, 5) is 10.4. The lowest BCUT2D eigenvalue weighted by Gasteiger charge is -2.07. The van der Waals surface area contributed by atoms with Crippen LogP contribution in [0.4, 0.5) is 0 Å². The summed E-state index contributed by atoms with van der Waals surface area (Å²) in [6.45, 7) is 13.5. The topological polar surface area (TPSA) is 81.1 Å². The summed E-state index contributed by atoms with van der Waals surface area (Å²) in [5.74, 6) is 0.460. The molecule has 5 N–H and O–H groups in total. The second-order valence-corrected chi connectivity index (χ2v) is 4.12. The molecule has 1 rings (SSSR count). The second kappa shape index (κ2) is 13.5. The number of carbonyl (C=O) groups is 1. The van der Waals surface area contributed by atoms with Crippen molar-refractivity contribution in [1.82, 2.24) is 5.32 Å². The van der Waals surface area contributed by atoms with Gasteiger partial charge in [-0.2, -0.15) is 0 Å². The molecule has 0 saturated heterocycles. The first-order valence-corrected chi connectivity index (χ1v) is 6.88. The molecule has 0 aromatic heterocycles. The second-order valence-electron chi connectivity index (χ2n) is 4.12. The zero-order chi connectivity index (χ0) is 16.0. The van der Waals surface area contributed by atoms with Gasteiger partial charge in [0, 0.05) is 24.2 Å². The molecule has 114 valence electrons. The lowest BCUT2D eigenvalue weighted by molar-refractivity contribution is -0.107. The van der Waals surface area contributed by atoms with Crippen LogP contribution in [0.25, 0.3) is 0 Å². The van der Waals surface area contributed by atoms with E-state index in [1.54, 1.807) is 19.1 Å². The van der Waals surface area contributed by atoms with E-state index in [0.29, 0.717) is 23.6 Å². The molecule has 1 aliphatic rings. The van der Waals surface area contributed by atoms with Gasteiger partial charge in [0.15, 0.2) is 0 Å². The van der Waals surface area contributed by atoms with Gasteiger partial charge in [-0.3, -0.25) is 0 Å². The maximum absolute atomic E-state index is 10.4. The molecule has 0 unspecified atom stereocenters. The normalized spacial score (nSPS) is 13.8. The minimum Gasteiger partial charge on any atom is -0.402 e. The first-order valence-electron chi connectivity index (χ1n) is 6.88. The highest BCUT2D eigenvalue weighted by atomic mass is 16.1. The Morgan fingerprint density at radius 3 is 2.15 bits per heavy atom. The minimum atomic E-state index is 0.254. The fourth-order valence-electron chi connectivity index (χ4n) is 0.995. The van der Waals surface area contributed by atoms with Crippen LogP contribution in [0.15, 0.2) is 48.0 Å². The van der Waals surface area contributed by atoms with E-state index in [0.717, 1.165) is 6.29 Å². The Balaban J connectivity index is 0. The van der Waals surface area contributed by atoms with Crippen LogP contribution >= 0.6 is 0 Å². The van der Waals surface area contributed by atoms with Crippen LogP contribution < -0.4 is 16.8 Å². The summed E-state index contributed by atoms with van der Waals surface area (Å²) in [7, 11) is 0. The van der Waals surface area contributed by atoms with Crippen LogP contribution in [0.3, 0.4) is 0 Å². The number of carbonyl (C=O) groups excluding carboxylic acids is 1. The van der Waals surface area contributed by atoms with Crippen LogP contribution in [0.5, 0.6) is 0 Å². The Morgan fingerprint density at radius 2 is 1.85 bits per heavy atom. The van der Waals surface area contributed by atoms with Crippen molar-refractivity contribution in [2.24, 2.45) is 11.5 Å². The third-order valence-electron chi connectivity index (χ3n) is 2.09. The molecule has 0 aliphatic heterocycles. The van der Waals surface area contributed by atoms with Gasteiger partial charge in [-0.25, -0.2) is 0 Å². The van der Waals surface area contributed by atoms with Crippen LogP contribution in [0, 0.1) is 0 Å². The van der Waals surface area contributed by atoms with Crippen LogP contribution in [-0.4, -0.2) is 12.8 Å². The van der Waals surface area contributed by atoms with Crippen LogP contribution in [0.1, 0.15) is 40.0 Å². The number of nitrogens with two attached hydrogens (primary N) is 2. The van der Waals surface area contributed by atoms with Crippen molar-refractivity contribution in [2.75, 3.05) is 6.54 Å².